The summed E-state index contributed by atoms with van der Waals surface area (Å²) in [5.74, 6) is 0.514. The highest BCUT2D eigenvalue weighted by Gasteiger charge is 2.02. The summed E-state index contributed by atoms with van der Waals surface area (Å²) < 4.78 is 5.17. The third-order valence-electron chi connectivity index (χ3n) is 1.46. The van der Waals surface area contributed by atoms with Crippen molar-refractivity contribution in [3.8, 4) is 5.88 Å². The summed E-state index contributed by atoms with van der Waals surface area (Å²) in [6.45, 7) is 4.19. The molecule has 4 heteroatoms. The lowest BCUT2D eigenvalue weighted by Crippen LogP contribution is -2.07. The molecule has 1 atom stereocenters. The summed E-state index contributed by atoms with van der Waals surface area (Å²) in [6, 6.07) is 0. The lowest BCUT2D eigenvalue weighted by molar-refractivity contribution is 0.193. The maximum absolute atomic E-state index is 9.12. The topological polar surface area (TPSA) is 55.2 Å². The molecule has 0 fully saturated rings. The molecular formula is C9H14N2O2. The van der Waals surface area contributed by atoms with Crippen LogP contribution in [0, 0.1) is 0 Å². The lowest BCUT2D eigenvalue weighted by atomic mass is 10.2. The monoisotopic (exact) mass is 182 g/mol. The van der Waals surface area contributed by atoms with Gasteiger partial charge in [-0.05, 0) is 13.8 Å². The van der Waals surface area contributed by atoms with E-state index in [2.05, 4.69) is 9.97 Å². The van der Waals surface area contributed by atoms with Gasteiger partial charge in [0.2, 0.25) is 5.88 Å². The smallest absolute Gasteiger partial charge is 0.232 e. The van der Waals surface area contributed by atoms with Gasteiger partial charge in [0, 0.05) is 12.6 Å². The number of hydrogen-bond acceptors (Lipinski definition) is 4. The maximum Gasteiger partial charge on any atom is 0.232 e. The number of hydrogen-bond donors (Lipinski definition) is 1. The van der Waals surface area contributed by atoms with Crippen LogP contribution in [-0.4, -0.2) is 27.8 Å². The van der Waals surface area contributed by atoms with Gasteiger partial charge in [0.05, 0.1) is 24.6 Å². The fourth-order valence-corrected chi connectivity index (χ4v) is 1.00. The summed E-state index contributed by atoms with van der Waals surface area (Å²) in [4.78, 5) is 8.12. The molecule has 0 aliphatic carbocycles. The van der Waals surface area contributed by atoms with E-state index < -0.39 is 6.10 Å². The van der Waals surface area contributed by atoms with Crippen LogP contribution in [0.15, 0.2) is 12.4 Å². The van der Waals surface area contributed by atoms with Crippen LogP contribution in [0.4, 0.5) is 0 Å². The average Bonchev–Trinajstić information content (AvgIpc) is 2.04. The van der Waals surface area contributed by atoms with Gasteiger partial charge in [-0.3, -0.25) is 4.98 Å². The van der Waals surface area contributed by atoms with E-state index in [0.717, 1.165) is 5.69 Å². The van der Waals surface area contributed by atoms with Crippen molar-refractivity contribution in [2.75, 3.05) is 6.61 Å². The zero-order valence-electron chi connectivity index (χ0n) is 7.90. The van der Waals surface area contributed by atoms with Crippen molar-refractivity contribution < 1.29 is 9.84 Å². The molecule has 0 amide bonds. The Morgan fingerprint density at radius 2 is 2.31 bits per heavy atom. The molecule has 0 aromatic carbocycles. The SMILES string of the molecule is CCOc1cncc(CC(C)O)n1. The number of aliphatic hydroxyl groups is 1. The molecule has 0 saturated carbocycles. The first-order valence-corrected chi connectivity index (χ1v) is 4.34. The lowest BCUT2D eigenvalue weighted by Gasteiger charge is -2.05. The van der Waals surface area contributed by atoms with Gasteiger partial charge in [0.25, 0.3) is 0 Å². The summed E-state index contributed by atoms with van der Waals surface area (Å²) in [6.07, 6.45) is 3.31. The van der Waals surface area contributed by atoms with E-state index in [0.29, 0.717) is 18.9 Å². The van der Waals surface area contributed by atoms with Gasteiger partial charge >= 0.3 is 0 Å². The highest BCUT2D eigenvalue weighted by atomic mass is 16.5. The van der Waals surface area contributed by atoms with E-state index in [9.17, 15) is 0 Å². The Balaban J connectivity index is 2.67. The molecule has 13 heavy (non-hydrogen) atoms. The van der Waals surface area contributed by atoms with Gasteiger partial charge < -0.3 is 9.84 Å². The Hall–Kier alpha value is -1.16. The minimum Gasteiger partial charge on any atom is -0.477 e. The van der Waals surface area contributed by atoms with Crippen LogP contribution in [0.1, 0.15) is 19.5 Å². The number of ether oxygens (including phenoxy) is 1. The molecule has 0 spiro atoms. The maximum atomic E-state index is 9.12. The quantitative estimate of drug-likeness (QED) is 0.748. The minimum atomic E-state index is -0.397. The van der Waals surface area contributed by atoms with Crippen molar-refractivity contribution in [3.05, 3.63) is 18.1 Å². The molecule has 0 saturated heterocycles. The second-order valence-electron chi connectivity index (χ2n) is 2.83. The normalized spacial score (nSPS) is 12.5. The number of aliphatic hydroxyl groups excluding tert-OH is 1. The second kappa shape index (κ2) is 4.77. The third kappa shape index (κ3) is 3.38. The van der Waals surface area contributed by atoms with Crippen LogP contribution in [-0.2, 0) is 6.42 Å². The van der Waals surface area contributed by atoms with E-state index in [1.165, 1.54) is 0 Å². The van der Waals surface area contributed by atoms with Crippen LogP contribution in [0.2, 0.25) is 0 Å². The Bertz CT molecular complexity index is 264. The van der Waals surface area contributed by atoms with E-state index in [-0.39, 0.29) is 0 Å². The van der Waals surface area contributed by atoms with Crippen molar-refractivity contribution in [3.63, 3.8) is 0 Å². The molecular weight excluding hydrogens is 168 g/mol. The third-order valence-corrected chi connectivity index (χ3v) is 1.46. The highest BCUT2D eigenvalue weighted by Crippen LogP contribution is 2.06. The average molecular weight is 182 g/mol. The minimum absolute atomic E-state index is 0.397. The first-order chi connectivity index (χ1) is 6.22. The van der Waals surface area contributed by atoms with Crippen LogP contribution in [0.3, 0.4) is 0 Å². The molecule has 0 aliphatic rings. The Kier molecular flexibility index (Phi) is 3.64. The molecule has 0 aliphatic heterocycles. The van der Waals surface area contributed by atoms with Gasteiger partial charge in [0.15, 0.2) is 0 Å². The molecule has 1 rings (SSSR count). The molecule has 4 nitrogen and oxygen atoms in total. The van der Waals surface area contributed by atoms with Crippen molar-refractivity contribution in [1.82, 2.24) is 9.97 Å². The fraction of sp³-hybridized carbons (Fsp3) is 0.556. The van der Waals surface area contributed by atoms with Crippen molar-refractivity contribution >= 4 is 0 Å². The molecule has 1 heterocycles. The Morgan fingerprint density at radius 3 is 2.92 bits per heavy atom. The highest BCUT2D eigenvalue weighted by molar-refractivity contribution is 5.08. The second-order valence-corrected chi connectivity index (χ2v) is 2.83. The van der Waals surface area contributed by atoms with Crippen LogP contribution >= 0.6 is 0 Å². The van der Waals surface area contributed by atoms with Crippen molar-refractivity contribution in [2.45, 2.75) is 26.4 Å². The molecule has 1 aromatic rings. The Labute approximate surface area is 77.6 Å². The fourth-order valence-electron chi connectivity index (χ4n) is 1.00. The molecule has 1 aromatic heterocycles. The van der Waals surface area contributed by atoms with Crippen molar-refractivity contribution in [2.24, 2.45) is 0 Å². The van der Waals surface area contributed by atoms with Crippen molar-refractivity contribution in [1.29, 1.82) is 0 Å². The predicted octanol–water partition coefficient (Wildman–Crippen LogP) is 0.799. The zero-order chi connectivity index (χ0) is 9.68. The molecule has 0 radical (unpaired) electrons. The standard InChI is InChI=1S/C9H14N2O2/c1-3-13-9-6-10-5-8(11-9)4-7(2)12/h5-7,12H,3-4H2,1-2H3. The summed E-state index contributed by atoms with van der Waals surface area (Å²) in [5, 5.41) is 9.12. The van der Waals surface area contributed by atoms with E-state index in [1.54, 1.807) is 19.3 Å². The van der Waals surface area contributed by atoms with Crippen LogP contribution < -0.4 is 4.74 Å². The number of nitrogens with zero attached hydrogens (tertiary/aromatic N) is 2. The zero-order valence-corrected chi connectivity index (χ0v) is 7.90. The van der Waals surface area contributed by atoms with E-state index >= 15 is 0 Å². The molecule has 1 N–H and O–H groups in total. The summed E-state index contributed by atoms with van der Waals surface area (Å²) in [7, 11) is 0. The summed E-state index contributed by atoms with van der Waals surface area (Å²) in [5.41, 5.74) is 0.751. The molecule has 1 unspecified atom stereocenters. The van der Waals surface area contributed by atoms with Gasteiger partial charge in [-0.2, -0.15) is 0 Å². The van der Waals surface area contributed by atoms with E-state index in [4.69, 9.17) is 9.84 Å². The van der Waals surface area contributed by atoms with Gasteiger partial charge in [-0.15, -0.1) is 0 Å². The summed E-state index contributed by atoms with van der Waals surface area (Å²) >= 11 is 0. The van der Waals surface area contributed by atoms with Crippen LogP contribution in [0.5, 0.6) is 5.88 Å². The molecule has 0 bridgehead atoms. The number of aromatic nitrogens is 2. The van der Waals surface area contributed by atoms with Gasteiger partial charge in [0.1, 0.15) is 0 Å². The first-order valence-electron chi connectivity index (χ1n) is 4.34. The van der Waals surface area contributed by atoms with Gasteiger partial charge in [-0.25, -0.2) is 4.98 Å². The van der Waals surface area contributed by atoms with Gasteiger partial charge in [-0.1, -0.05) is 0 Å². The van der Waals surface area contributed by atoms with Crippen LogP contribution in [0.25, 0.3) is 0 Å². The predicted molar refractivity (Wildman–Crippen MR) is 48.6 cm³/mol. The van der Waals surface area contributed by atoms with E-state index in [1.807, 2.05) is 6.92 Å². The number of rotatable bonds is 4. The first kappa shape index (κ1) is 9.92. The molecule has 72 valence electrons. The Morgan fingerprint density at radius 1 is 1.54 bits per heavy atom. The largest absolute Gasteiger partial charge is 0.477 e.